The van der Waals surface area contributed by atoms with Crippen LogP contribution in [0.15, 0.2) is 66.3 Å². The van der Waals surface area contributed by atoms with Crippen LogP contribution >= 0.6 is 24.0 Å². The van der Waals surface area contributed by atoms with Crippen molar-refractivity contribution in [1.82, 2.24) is 25.2 Å². The van der Waals surface area contributed by atoms with Crippen LogP contribution in [0.4, 0.5) is 5.69 Å². The zero-order valence-electron chi connectivity index (χ0n) is 18.1. The third kappa shape index (κ3) is 6.06. The van der Waals surface area contributed by atoms with Gasteiger partial charge in [0.15, 0.2) is 5.96 Å². The van der Waals surface area contributed by atoms with Crippen LogP contribution in [-0.2, 0) is 17.9 Å². The van der Waals surface area contributed by atoms with Gasteiger partial charge in [-0.15, -0.1) is 24.0 Å². The van der Waals surface area contributed by atoms with Gasteiger partial charge in [-0.05, 0) is 42.7 Å². The van der Waals surface area contributed by atoms with E-state index in [0.717, 1.165) is 48.1 Å². The second kappa shape index (κ2) is 11.6. The molecule has 0 atom stereocenters. The predicted octanol–water partition coefficient (Wildman–Crippen LogP) is 3.27. The Morgan fingerprint density at radius 1 is 1.12 bits per heavy atom. The molecule has 0 radical (unpaired) electrons. The van der Waals surface area contributed by atoms with Crippen LogP contribution in [0.1, 0.15) is 30.9 Å². The number of hydrogen-bond donors (Lipinski definition) is 2. The van der Waals surface area contributed by atoms with Gasteiger partial charge in [-0.2, -0.15) is 0 Å². The second-order valence-corrected chi connectivity index (χ2v) is 7.36. The van der Waals surface area contributed by atoms with Crippen molar-refractivity contribution in [3.63, 3.8) is 0 Å². The van der Waals surface area contributed by atoms with E-state index in [9.17, 15) is 4.79 Å². The van der Waals surface area contributed by atoms with Gasteiger partial charge in [-0.1, -0.05) is 18.2 Å². The van der Waals surface area contributed by atoms with Gasteiger partial charge in [-0.3, -0.25) is 9.36 Å². The van der Waals surface area contributed by atoms with Crippen LogP contribution in [0.2, 0.25) is 0 Å². The molecule has 0 spiro atoms. The van der Waals surface area contributed by atoms with Crippen LogP contribution in [0, 0.1) is 0 Å². The van der Waals surface area contributed by atoms with E-state index in [1.807, 2.05) is 53.0 Å². The number of aliphatic imine (C=N–C) groups is 1. The lowest BCUT2D eigenvalue weighted by Crippen LogP contribution is -2.36. The maximum absolute atomic E-state index is 11.9. The topological polar surface area (TPSA) is 87.4 Å². The molecule has 0 bridgehead atoms. The molecule has 2 N–H and O–H groups in total. The molecular formula is C23H28IN7O. The average Bonchev–Trinajstić information content (AvgIpc) is 3.49. The molecule has 3 heterocycles. The summed E-state index contributed by atoms with van der Waals surface area (Å²) in [6.45, 7) is 4.81. The minimum Gasteiger partial charge on any atom is -0.357 e. The summed E-state index contributed by atoms with van der Waals surface area (Å²) in [7, 11) is 0. The number of aromatic nitrogens is 3. The van der Waals surface area contributed by atoms with Crippen LogP contribution < -0.4 is 15.5 Å². The third-order valence-corrected chi connectivity index (χ3v) is 5.12. The largest absolute Gasteiger partial charge is 0.357 e. The van der Waals surface area contributed by atoms with Crippen molar-refractivity contribution < 1.29 is 4.79 Å². The van der Waals surface area contributed by atoms with Gasteiger partial charge < -0.3 is 15.5 Å². The third-order valence-electron chi connectivity index (χ3n) is 5.12. The Hall–Kier alpha value is -2.95. The summed E-state index contributed by atoms with van der Waals surface area (Å²) in [5.74, 6) is 1.79. The summed E-state index contributed by atoms with van der Waals surface area (Å²) in [6.07, 6.45) is 8.74. The quantitative estimate of drug-likeness (QED) is 0.271. The lowest BCUT2D eigenvalue weighted by molar-refractivity contribution is -0.117. The van der Waals surface area contributed by atoms with Crippen molar-refractivity contribution >= 4 is 41.5 Å². The van der Waals surface area contributed by atoms with Gasteiger partial charge in [0.2, 0.25) is 5.91 Å². The number of carbonyl (C=O) groups excluding carboxylic acids is 1. The maximum atomic E-state index is 11.9. The van der Waals surface area contributed by atoms with E-state index in [2.05, 4.69) is 37.7 Å². The summed E-state index contributed by atoms with van der Waals surface area (Å²) in [5.41, 5.74) is 3.13. The van der Waals surface area contributed by atoms with E-state index in [1.54, 1.807) is 12.5 Å². The number of halogens is 1. The number of nitrogens with zero attached hydrogens (tertiary/aromatic N) is 5. The molecule has 1 aromatic carbocycles. The molecule has 1 saturated heterocycles. The van der Waals surface area contributed by atoms with Crippen LogP contribution in [-0.4, -0.2) is 39.5 Å². The average molecular weight is 545 g/mol. The van der Waals surface area contributed by atoms with Crippen LogP contribution in [0.5, 0.6) is 0 Å². The van der Waals surface area contributed by atoms with Gasteiger partial charge in [0.1, 0.15) is 12.1 Å². The first-order chi connectivity index (χ1) is 15.2. The highest BCUT2D eigenvalue weighted by molar-refractivity contribution is 14.0. The fourth-order valence-corrected chi connectivity index (χ4v) is 3.47. The molecule has 4 rings (SSSR count). The summed E-state index contributed by atoms with van der Waals surface area (Å²) >= 11 is 0. The summed E-state index contributed by atoms with van der Waals surface area (Å²) < 4.78 is 1.86. The van der Waals surface area contributed by atoms with Gasteiger partial charge in [0.05, 0.1) is 6.54 Å². The highest BCUT2D eigenvalue weighted by Crippen LogP contribution is 2.21. The van der Waals surface area contributed by atoms with E-state index in [0.29, 0.717) is 19.5 Å². The van der Waals surface area contributed by atoms with Crippen molar-refractivity contribution in [2.75, 3.05) is 18.0 Å². The Kier molecular flexibility index (Phi) is 8.60. The smallest absolute Gasteiger partial charge is 0.227 e. The molecule has 0 saturated carbocycles. The van der Waals surface area contributed by atoms with E-state index in [1.165, 1.54) is 0 Å². The molecule has 32 heavy (non-hydrogen) atoms. The van der Waals surface area contributed by atoms with E-state index >= 15 is 0 Å². The molecule has 8 nitrogen and oxygen atoms in total. The molecule has 168 valence electrons. The molecule has 0 aliphatic carbocycles. The number of anilines is 1. The Morgan fingerprint density at radius 2 is 1.94 bits per heavy atom. The van der Waals surface area contributed by atoms with Gasteiger partial charge in [0, 0.05) is 50.3 Å². The molecule has 9 heteroatoms. The Bertz CT molecular complexity index is 1020. The van der Waals surface area contributed by atoms with Crippen molar-refractivity contribution in [3.05, 3.63) is 72.4 Å². The van der Waals surface area contributed by atoms with Crippen molar-refractivity contribution in [2.24, 2.45) is 4.99 Å². The van der Waals surface area contributed by atoms with Crippen molar-refractivity contribution in [3.8, 4) is 5.82 Å². The lowest BCUT2D eigenvalue weighted by atomic mass is 10.2. The van der Waals surface area contributed by atoms with Gasteiger partial charge >= 0.3 is 0 Å². The van der Waals surface area contributed by atoms with Crippen LogP contribution in [0.25, 0.3) is 5.82 Å². The first kappa shape index (κ1) is 23.7. The Labute approximate surface area is 205 Å². The summed E-state index contributed by atoms with van der Waals surface area (Å²) in [4.78, 5) is 26.9. The first-order valence-electron chi connectivity index (χ1n) is 10.6. The molecule has 1 fully saturated rings. The van der Waals surface area contributed by atoms with E-state index in [-0.39, 0.29) is 29.9 Å². The van der Waals surface area contributed by atoms with Crippen molar-refractivity contribution in [1.29, 1.82) is 0 Å². The number of rotatable bonds is 7. The predicted molar refractivity (Wildman–Crippen MR) is 136 cm³/mol. The van der Waals surface area contributed by atoms with Crippen LogP contribution in [0.3, 0.4) is 0 Å². The SMILES string of the molecule is CCNC(=NCc1ccc(-n2ccnc2)nc1)NCc1ccc(N2CCCC2=O)cc1.I. The Morgan fingerprint density at radius 3 is 2.56 bits per heavy atom. The maximum Gasteiger partial charge on any atom is 0.227 e. The fraction of sp³-hybridized carbons (Fsp3) is 0.304. The minimum atomic E-state index is 0. The molecular weight excluding hydrogens is 517 g/mol. The van der Waals surface area contributed by atoms with Gasteiger partial charge in [0.25, 0.3) is 0 Å². The minimum absolute atomic E-state index is 0. The number of nitrogens with one attached hydrogen (secondary N) is 2. The number of imidazole rings is 1. The molecule has 2 aromatic heterocycles. The number of hydrogen-bond acceptors (Lipinski definition) is 4. The second-order valence-electron chi connectivity index (χ2n) is 7.36. The highest BCUT2D eigenvalue weighted by atomic mass is 127. The summed E-state index contributed by atoms with van der Waals surface area (Å²) in [6, 6.07) is 12.1. The van der Waals surface area contributed by atoms with E-state index in [4.69, 9.17) is 0 Å². The van der Waals surface area contributed by atoms with Gasteiger partial charge in [-0.25, -0.2) is 15.0 Å². The number of amides is 1. The fourth-order valence-electron chi connectivity index (χ4n) is 3.47. The lowest BCUT2D eigenvalue weighted by Gasteiger charge is -2.16. The number of carbonyl (C=O) groups is 1. The van der Waals surface area contributed by atoms with E-state index < -0.39 is 0 Å². The standard InChI is InChI=1S/C23H27N7O.HI/c1-2-25-23(28-16-19-7-10-21(26-15-19)29-13-11-24-17-29)27-14-18-5-8-20(9-6-18)30-12-3-4-22(30)31;/h5-11,13,15,17H,2-4,12,14,16H2,1H3,(H2,25,27,28);1H. The molecule has 3 aromatic rings. The first-order valence-corrected chi connectivity index (χ1v) is 10.6. The Balaban J connectivity index is 0.00000289. The normalized spacial score (nSPS) is 13.7. The van der Waals surface area contributed by atoms with Crippen molar-refractivity contribution in [2.45, 2.75) is 32.9 Å². The number of pyridine rings is 1. The highest BCUT2D eigenvalue weighted by Gasteiger charge is 2.21. The zero-order chi connectivity index (χ0) is 21.5. The molecule has 1 amide bonds. The number of guanidine groups is 1. The summed E-state index contributed by atoms with van der Waals surface area (Å²) in [5, 5.41) is 6.64. The molecule has 1 aliphatic heterocycles. The number of benzene rings is 1. The monoisotopic (exact) mass is 545 g/mol. The molecule has 1 aliphatic rings. The zero-order valence-corrected chi connectivity index (χ0v) is 20.4. The molecule has 0 unspecified atom stereocenters.